The van der Waals surface area contributed by atoms with E-state index in [0.717, 1.165) is 32.4 Å². The molecule has 1 saturated heterocycles. The lowest BCUT2D eigenvalue weighted by Gasteiger charge is -2.44. The lowest BCUT2D eigenvalue weighted by atomic mass is 10.1. The van der Waals surface area contributed by atoms with Crippen molar-refractivity contribution in [3.63, 3.8) is 0 Å². The average molecular weight is 384 g/mol. The van der Waals surface area contributed by atoms with Crippen LogP contribution in [0.15, 0.2) is 11.3 Å². The van der Waals surface area contributed by atoms with Gasteiger partial charge >= 0.3 is 0 Å². The van der Waals surface area contributed by atoms with Gasteiger partial charge in [-0.15, -0.1) is 0 Å². The number of hydrogen-bond acceptors (Lipinski definition) is 3. The van der Waals surface area contributed by atoms with Gasteiger partial charge in [0.25, 0.3) is 0 Å². The Morgan fingerprint density at radius 2 is 1.44 bits per heavy atom. The third-order valence-electron chi connectivity index (χ3n) is 6.80. The van der Waals surface area contributed by atoms with Crippen molar-refractivity contribution in [3.8, 4) is 0 Å². The molecule has 0 aromatic carbocycles. The van der Waals surface area contributed by atoms with Crippen molar-refractivity contribution < 1.29 is 8.85 Å². The van der Waals surface area contributed by atoms with Crippen LogP contribution in [0.4, 0.5) is 0 Å². The molecule has 146 valence electrons. The van der Waals surface area contributed by atoms with Crippen LogP contribution in [0.3, 0.4) is 0 Å². The molecule has 0 unspecified atom stereocenters. The smallest absolute Gasteiger partial charge is 0.250 e. The van der Waals surface area contributed by atoms with Crippen molar-refractivity contribution in [2.24, 2.45) is 0 Å². The minimum Gasteiger partial charge on any atom is -0.544 e. The summed E-state index contributed by atoms with van der Waals surface area (Å²) in [5.41, 5.74) is 1.32. The molecule has 0 bridgehead atoms. The van der Waals surface area contributed by atoms with E-state index in [-0.39, 0.29) is 15.7 Å². The average Bonchev–Trinajstić information content (AvgIpc) is 2.97. The largest absolute Gasteiger partial charge is 0.544 e. The fourth-order valence-corrected chi connectivity index (χ4v) is 5.51. The molecular formula is C20H41NO2Si2. The Bertz CT molecular complexity index is 527. The van der Waals surface area contributed by atoms with Gasteiger partial charge in [-0.1, -0.05) is 41.5 Å². The quantitative estimate of drug-likeness (QED) is 0.480. The summed E-state index contributed by atoms with van der Waals surface area (Å²) in [7, 11) is -3.71. The van der Waals surface area contributed by atoms with Gasteiger partial charge in [0.1, 0.15) is 11.4 Å². The first kappa shape index (κ1) is 21.2. The second-order valence-electron chi connectivity index (χ2n) is 11.1. The first-order valence-electron chi connectivity index (χ1n) is 9.94. The molecule has 0 aromatic heterocycles. The van der Waals surface area contributed by atoms with Gasteiger partial charge in [-0.05, 0) is 67.6 Å². The van der Waals surface area contributed by atoms with Crippen molar-refractivity contribution in [1.29, 1.82) is 0 Å². The van der Waals surface area contributed by atoms with E-state index < -0.39 is 16.6 Å². The Morgan fingerprint density at radius 1 is 0.920 bits per heavy atom. The molecule has 5 heteroatoms. The van der Waals surface area contributed by atoms with Gasteiger partial charge < -0.3 is 14.2 Å². The molecule has 1 N–H and O–H groups in total. The van der Waals surface area contributed by atoms with Gasteiger partial charge in [-0.2, -0.15) is 0 Å². The second-order valence-corrected chi connectivity index (χ2v) is 20.5. The van der Waals surface area contributed by atoms with E-state index in [1.54, 1.807) is 0 Å². The fraction of sp³-hybridized carbons (Fsp3) is 0.900. The zero-order valence-electron chi connectivity index (χ0n) is 18.4. The standard InChI is InChI=1S/C20H41NO2Si2/c1-18(2,3)24(7,8)22-17(16-11-14-21-15-16)20(12-13-20)23-25(9,10)19(4,5)6/h21H,11-15H2,1-10H3. The van der Waals surface area contributed by atoms with Crippen LogP contribution in [-0.4, -0.2) is 35.3 Å². The van der Waals surface area contributed by atoms with Gasteiger partial charge in [0.15, 0.2) is 8.32 Å². The molecule has 0 amide bonds. The molecule has 1 saturated carbocycles. The van der Waals surface area contributed by atoms with E-state index in [4.69, 9.17) is 8.85 Å². The van der Waals surface area contributed by atoms with Crippen molar-refractivity contribution in [1.82, 2.24) is 5.32 Å². The van der Waals surface area contributed by atoms with Crippen LogP contribution < -0.4 is 5.32 Å². The normalized spacial score (nSPS) is 23.6. The van der Waals surface area contributed by atoms with Crippen LogP contribution in [0, 0.1) is 0 Å². The van der Waals surface area contributed by atoms with Crippen LogP contribution in [-0.2, 0) is 8.85 Å². The minimum absolute atomic E-state index is 0.139. The van der Waals surface area contributed by atoms with Crippen molar-refractivity contribution in [3.05, 3.63) is 11.3 Å². The third kappa shape index (κ3) is 4.42. The van der Waals surface area contributed by atoms with Crippen LogP contribution in [0.2, 0.25) is 36.3 Å². The second kappa shape index (κ2) is 6.50. The molecule has 2 aliphatic rings. The van der Waals surface area contributed by atoms with E-state index >= 15 is 0 Å². The highest BCUT2D eigenvalue weighted by Crippen LogP contribution is 2.54. The lowest BCUT2D eigenvalue weighted by Crippen LogP contribution is -2.48. The summed E-state index contributed by atoms with van der Waals surface area (Å²) in [6.07, 6.45) is 3.34. The molecule has 2 rings (SSSR count). The Kier molecular flexibility index (Phi) is 5.51. The highest BCUT2D eigenvalue weighted by atomic mass is 28.4. The van der Waals surface area contributed by atoms with Crippen molar-refractivity contribution >= 4 is 16.6 Å². The fourth-order valence-electron chi connectivity index (χ4n) is 2.79. The molecule has 1 aliphatic carbocycles. The van der Waals surface area contributed by atoms with Crippen LogP contribution in [0.25, 0.3) is 0 Å². The Balaban J connectivity index is 2.36. The summed E-state index contributed by atoms with van der Waals surface area (Å²) in [5.74, 6) is 1.22. The minimum atomic E-state index is -1.88. The van der Waals surface area contributed by atoms with Crippen LogP contribution >= 0.6 is 0 Å². The predicted octanol–water partition coefficient (Wildman–Crippen LogP) is 5.81. The van der Waals surface area contributed by atoms with E-state index in [2.05, 4.69) is 73.0 Å². The number of nitrogens with one attached hydrogen (secondary N) is 1. The molecule has 0 aromatic rings. The summed E-state index contributed by atoms with van der Waals surface area (Å²) in [6, 6.07) is 0. The molecule has 0 radical (unpaired) electrons. The topological polar surface area (TPSA) is 30.5 Å². The number of rotatable bonds is 5. The summed E-state index contributed by atoms with van der Waals surface area (Å²) < 4.78 is 13.9. The SMILES string of the molecule is CC(C)(C)[Si](C)(C)OC(=C1CCNC1)C1(O[Si](C)(C)C(C)(C)C)CC1. The Morgan fingerprint density at radius 3 is 1.80 bits per heavy atom. The summed E-state index contributed by atoms with van der Waals surface area (Å²) >= 11 is 0. The van der Waals surface area contributed by atoms with Crippen molar-refractivity contribution in [2.75, 3.05) is 13.1 Å². The van der Waals surface area contributed by atoms with E-state index in [9.17, 15) is 0 Å². The maximum absolute atomic E-state index is 6.98. The highest BCUT2D eigenvalue weighted by Gasteiger charge is 2.57. The van der Waals surface area contributed by atoms with Gasteiger partial charge in [0.05, 0.1) is 0 Å². The summed E-state index contributed by atoms with van der Waals surface area (Å²) in [6.45, 7) is 25.4. The van der Waals surface area contributed by atoms with Gasteiger partial charge in [0.2, 0.25) is 8.32 Å². The molecule has 1 aliphatic heterocycles. The van der Waals surface area contributed by atoms with Crippen LogP contribution in [0.1, 0.15) is 60.8 Å². The predicted molar refractivity (Wildman–Crippen MR) is 113 cm³/mol. The highest BCUT2D eigenvalue weighted by molar-refractivity contribution is 6.75. The van der Waals surface area contributed by atoms with Gasteiger partial charge in [-0.3, -0.25) is 0 Å². The van der Waals surface area contributed by atoms with E-state index in [1.165, 1.54) is 11.3 Å². The van der Waals surface area contributed by atoms with Gasteiger partial charge in [-0.25, -0.2) is 0 Å². The molecule has 25 heavy (non-hydrogen) atoms. The zero-order valence-corrected chi connectivity index (χ0v) is 20.4. The Labute approximate surface area is 158 Å². The van der Waals surface area contributed by atoms with E-state index in [0.29, 0.717) is 0 Å². The monoisotopic (exact) mass is 383 g/mol. The third-order valence-corrected chi connectivity index (χ3v) is 15.6. The van der Waals surface area contributed by atoms with Crippen molar-refractivity contribution in [2.45, 2.75) is 103 Å². The summed E-state index contributed by atoms with van der Waals surface area (Å²) in [4.78, 5) is 0. The first-order chi connectivity index (χ1) is 11.1. The van der Waals surface area contributed by atoms with Crippen LogP contribution in [0.5, 0.6) is 0 Å². The number of hydrogen-bond donors (Lipinski definition) is 1. The molecule has 3 nitrogen and oxygen atoms in total. The zero-order chi connectivity index (χ0) is 19.3. The molecule has 1 heterocycles. The molecule has 0 spiro atoms. The molecule has 0 atom stereocenters. The Hall–Kier alpha value is -0.106. The maximum Gasteiger partial charge on any atom is 0.250 e. The van der Waals surface area contributed by atoms with Gasteiger partial charge in [0, 0.05) is 6.54 Å². The first-order valence-corrected chi connectivity index (χ1v) is 15.8. The van der Waals surface area contributed by atoms with E-state index in [1.807, 2.05) is 0 Å². The summed E-state index contributed by atoms with van der Waals surface area (Å²) in [5, 5.41) is 3.94. The maximum atomic E-state index is 6.98. The molecule has 2 fully saturated rings. The lowest BCUT2D eigenvalue weighted by molar-refractivity contribution is 0.138. The molecular weight excluding hydrogens is 342 g/mol.